The molecule has 2 atom stereocenters. The number of rotatable bonds is 5. The first-order chi connectivity index (χ1) is 11.5. The average molecular weight is 333 g/mol. The van der Waals surface area contributed by atoms with Gasteiger partial charge in [0.1, 0.15) is 11.6 Å². The maximum Gasteiger partial charge on any atom is 0.237 e. The lowest BCUT2D eigenvalue weighted by Crippen LogP contribution is -2.48. The van der Waals surface area contributed by atoms with E-state index >= 15 is 0 Å². The molecule has 2 N–H and O–H groups in total. The zero-order chi connectivity index (χ0) is 17.1. The Hall–Kier alpha value is -1.43. The van der Waals surface area contributed by atoms with E-state index in [1.807, 2.05) is 6.92 Å². The summed E-state index contributed by atoms with van der Waals surface area (Å²) < 4.78 is 2.22. The molecule has 0 unspecified atom stereocenters. The van der Waals surface area contributed by atoms with Crippen molar-refractivity contribution in [3.8, 4) is 0 Å². The third-order valence-electron chi connectivity index (χ3n) is 5.53. The average Bonchev–Trinajstić information content (AvgIpc) is 3.01. The fourth-order valence-electron chi connectivity index (χ4n) is 3.91. The van der Waals surface area contributed by atoms with Gasteiger partial charge in [0.2, 0.25) is 5.91 Å². The van der Waals surface area contributed by atoms with Crippen LogP contribution in [0.25, 0.3) is 0 Å². The Balaban J connectivity index is 1.53. The van der Waals surface area contributed by atoms with E-state index in [9.17, 15) is 4.79 Å². The maximum atomic E-state index is 12.5. The number of nitrogens with zero attached hydrogens (tertiary/aromatic N) is 3. The summed E-state index contributed by atoms with van der Waals surface area (Å²) in [5.41, 5.74) is 0. The second-order valence-corrected chi connectivity index (χ2v) is 7.66. The summed E-state index contributed by atoms with van der Waals surface area (Å²) in [5.74, 6) is 2.93. The molecule has 1 aromatic rings. The number of amides is 1. The largest absolute Gasteiger partial charge is 0.352 e. The van der Waals surface area contributed by atoms with E-state index in [0.29, 0.717) is 6.04 Å². The minimum absolute atomic E-state index is 0.0245. The Bertz CT molecular complexity index is 562. The number of hydrogen-bond acceptors (Lipinski definition) is 4. The molecule has 24 heavy (non-hydrogen) atoms. The number of carbonyl (C=O) groups is 1. The van der Waals surface area contributed by atoms with E-state index in [1.165, 1.54) is 25.7 Å². The molecular formula is C18H31N5O. The van der Waals surface area contributed by atoms with Crippen LogP contribution >= 0.6 is 0 Å². The Kier molecular flexibility index (Phi) is 5.54. The molecule has 1 aromatic heterocycles. The molecule has 0 spiro atoms. The van der Waals surface area contributed by atoms with Gasteiger partial charge in [0, 0.05) is 19.0 Å². The van der Waals surface area contributed by atoms with Crippen LogP contribution in [0, 0.1) is 5.92 Å². The molecule has 1 aliphatic heterocycles. The third kappa shape index (κ3) is 3.97. The van der Waals surface area contributed by atoms with E-state index in [0.717, 1.165) is 43.4 Å². The van der Waals surface area contributed by atoms with Crippen LogP contribution in [0.15, 0.2) is 0 Å². The molecule has 2 aliphatic rings. The van der Waals surface area contributed by atoms with Crippen LogP contribution in [-0.2, 0) is 17.8 Å². The lowest BCUT2D eigenvalue weighted by molar-refractivity contribution is -0.123. The second-order valence-electron chi connectivity index (χ2n) is 7.66. The predicted molar refractivity (Wildman–Crippen MR) is 93.5 cm³/mol. The van der Waals surface area contributed by atoms with Crippen molar-refractivity contribution in [2.45, 2.75) is 90.4 Å². The topological polar surface area (TPSA) is 71.8 Å². The zero-order valence-electron chi connectivity index (χ0n) is 15.2. The van der Waals surface area contributed by atoms with E-state index in [1.54, 1.807) is 0 Å². The highest BCUT2D eigenvalue weighted by atomic mass is 16.2. The first-order valence-electron chi connectivity index (χ1n) is 9.53. The van der Waals surface area contributed by atoms with Crippen molar-refractivity contribution < 1.29 is 4.79 Å². The quantitative estimate of drug-likeness (QED) is 0.867. The summed E-state index contributed by atoms with van der Waals surface area (Å²) in [4.78, 5) is 12.5. The molecule has 134 valence electrons. The van der Waals surface area contributed by atoms with Gasteiger partial charge in [0.15, 0.2) is 0 Å². The minimum Gasteiger partial charge on any atom is -0.352 e. The van der Waals surface area contributed by atoms with E-state index in [4.69, 9.17) is 0 Å². The number of hydrogen-bond donors (Lipinski definition) is 2. The van der Waals surface area contributed by atoms with Gasteiger partial charge in [0.05, 0.1) is 12.1 Å². The van der Waals surface area contributed by atoms with Crippen LogP contribution in [0.2, 0.25) is 0 Å². The summed E-state index contributed by atoms with van der Waals surface area (Å²) in [5, 5.41) is 15.3. The first-order valence-corrected chi connectivity index (χ1v) is 9.53. The Morgan fingerprint density at radius 1 is 1.17 bits per heavy atom. The number of fused-ring (bicyclic) bond motifs is 1. The SMILES string of the molecule is CC1CCC(NC(=O)[C@H](C)N[C@H](C)c2nnc3n2CCCC3)CC1. The van der Waals surface area contributed by atoms with E-state index < -0.39 is 0 Å². The molecule has 3 rings (SSSR count). The molecule has 2 heterocycles. The predicted octanol–water partition coefficient (Wildman–Crippen LogP) is 2.35. The molecular weight excluding hydrogens is 302 g/mol. The maximum absolute atomic E-state index is 12.5. The first kappa shape index (κ1) is 17.4. The normalized spacial score (nSPS) is 26.5. The zero-order valence-corrected chi connectivity index (χ0v) is 15.2. The van der Waals surface area contributed by atoms with Crippen LogP contribution in [0.3, 0.4) is 0 Å². The molecule has 1 fully saturated rings. The van der Waals surface area contributed by atoms with Crippen molar-refractivity contribution >= 4 is 5.91 Å². The number of aromatic nitrogens is 3. The number of aryl methyl sites for hydroxylation is 1. The summed E-state index contributed by atoms with van der Waals surface area (Å²) >= 11 is 0. The summed E-state index contributed by atoms with van der Waals surface area (Å²) in [6.45, 7) is 7.29. The Labute approximate surface area is 144 Å². The van der Waals surface area contributed by atoms with Crippen molar-refractivity contribution in [2.24, 2.45) is 5.92 Å². The van der Waals surface area contributed by atoms with Crippen molar-refractivity contribution in [3.63, 3.8) is 0 Å². The second kappa shape index (κ2) is 7.64. The van der Waals surface area contributed by atoms with Crippen molar-refractivity contribution in [1.29, 1.82) is 0 Å². The fourth-order valence-corrected chi connectivity index (χ4v) is 3.91. The molecule has 6 nitrogen and oxygen atoms in total. The van der Waals surface area contributed by atoms with Crippen LogP contribution in [0.4, 0.5) is 0 Å². The van der Waals surface area contributed by atoms with Crippen LogP contribution in [0.5, 0.6) is 0 Å². The molecule has 0 radical (unpaired) electrons. The highest BCUT2D eigenvalue weighted by Gasteiger charge is 2.25. The van der Waals surface area contributed by atoms with Gasteiger partial charge >= 0.3 is 0 Å². The van der Waals surface area contributed by atoms with Gasteiger partial charge in [-0.2, -0.15) is 0 Å². The molecule has 0 saturated heterocycles. The summed E-state index contributed by atoms with van der Waals surface area (Å²) in [6.07, 6.45) is 8.03. The highest BCUT2D eigenvalue weighted by molar-refractivity contribution is 5.81. The lowest BCUT2D eigenvalue weighted by Gasteiger charge is -2.28. The highest BCUT2D eigenvalue weighted by Crippen LogP contribution is 2.23. The van der Waals surface area contributed by atoms with Gasteiger partial charge in [-0.05, 0) is 58.3 Å². The third-order valence-corrected chi connectivity index (χ3v) is 5.53. The van der Waals surface area contributed by atoms with Gasteiger partial charge in [-0.1, -0.05) is 6.92 Å². The lowest BCUT2D eigenvalue weighted by atomic mass is 9.87. The summed E-state index contributed by atoms with van der Waals surface area (Å²) in [7, 11) is 0. The molecule has 0 bridgehead atoms. The number of nitrogens with one attached hydrogen (secondary N) is 2. The molecule has 6 heteroatoms. The Morgan fingerprint density at radius 3 is 2.67 bits per heavy atom. The monoisotopic (exact) mass is 333 g/mol. The van der Waals surface area contributed by atoms with Crippen LogP contribution < -0.4 is 10.6 Å². The molecule has 1 saturated carbocycles. The minimum atomic E-state index is -0.226. The molecule has 1 amide bonds. The van der Waals surface area contributed by atoms with Crippen LogP contribution in [-0.4, -0.2) is 32.8 Å². The smallest absolute Gasteiger partial charge is 0.237 e. The van der Waals surface area contributed by atoms with E-state index in [2.05, 4.69) is 39.2 Å². The van der Waals surface area contributed by atoms with Crippen molar-refractivity contribution in [3.05, 3.63) is 11.6 Å². The van der Waals surface area contributed by atoms with Gasteiger partial charge < -0.3 is 9.88 Å². The van der Waals surface area contributed by atoms with Crippen LogP contribution in [0.1, 0.15) is 77.0 Å². The van der Waals surface area contributed by atoms with Crippen molar-refractivity contribution in [1.82, 2.24) is 25.4 Å². The standard InChI is InChI=1S/C18H31N5O/c1-12-7-9-15(10-8-12)20-18(24)14(3)19-13(2)17-22-21-16-6-4-5-11-23(16)17/h12-15,19H,4-11H2,1-3H3,(H,20,24)/t12?,13-,14+,15?/m1/s1. The summed E-state index contributed by atoms with van der Waals surface area (Å²) in [6, 6.07) is 0.140. The molecule has 0 aromatic carbocycles. The van der Waals surface area contributed by atoms with Gasteiger partial charge in [0.25, 0.3) is 0 Å². The Morgan fingerprint density at radius 2 is 1.92 bits per heavy atom. The van der Waals surface area contributed by atoms with Gasteiger partial charge in [-0.15, -0.1) is 10.2 Å². The molecule has 1 aliphatic carbocycles. The van der Waals surface area contributed by atoms with Gasteiger partial charge in [-0.25, -0.2) is 0 Å². The van der Waals surface area contributed by atoms with Gasteiger partial charge in [-0.3, -0.25) is 10.1 Å². The number of carbonyl (C=O) groups excluding carboxylic acids is 1. The van der Waals surface area contributed by atoms with E-state index in [-0.39, 0.29) is 18.0 Å². The fraction of sp³-hybridized carbons (Fsp3) is 0.833. The van der Waals surface area contributed by atoms with Crippen molar-refractivity contribution in [2.75, 3.05) is 0 Å².